The van der Waals surface area contributed by atoms with Gasteiger partial charge in [0, 0.05) is 5.56 Å². The largest absolute Gasteiger partial charge is 0.541 e. The number of nitrogens with one attached hydrogen (secondary N) is 1. The lowest BCUT2D eigenvalue weighted by atomic mass is 10.0. The average molecular weight is 572 g/mol. The van der Waals surface area contributed by atoms with Crippen LogP contribution in [0.1, 0.15) is 78.2 Å². The van der Waals surface area contributed by atoms with Gasteiger partial charge in [-0.2, -0.15) is 0 Å². The standard InChI is InChI=1S/C31H45NO7Si/c1-29(2,3)37-27(34)25(32-28(35)38-30(4,5)6)26(33)22-17-18-23(36-20-21-15-13-12-14-16-21)24(19-22)39-40(10,11)31(7,8)9/h12-19,25H,20H2,1-11H3,(H,32,35). The van der Waals surface area contributed by atoms with Crippen molar-refractivity contribution < 1.29 is 33.0 Å². The molecule has 0 heterocycles. The Morgan fingerprint density at radius 1 is 0.800 bits per heavy atom. The Morgan fingerprint density at radius 3 is 1.90 bits per heavy atom. The van der Waals surface area contributed by atoms with Crippen LogP contribution >= 0.6 is 0 Å². The number of hydrogen-bond acceptors (Lipinski definition) is 7. The number of amides is 1. The minimum absolute atomic E-state index is 0.124. The molecule has 220 valence electrons. The summed E-state index contributed by atoms with van der Waals surface area (Å²) in [5, 5.41) is 2.27. The summed E-state index contributed by atoms with van der Waals surface area (Å²) in [6.45, 7) is 21.0. The SMILES string of the molecule is CC(C)(C)OC(=O)NC(C(=O)OC(C)(C)C)C(=O)c1ccc(OCc2ccccc2)c(O[Si](C)(C)C(C)(C)C)c1. The van der Waals surface area contributed by atoms with Crippen molar-refractivity contribution >= 4 is 26.2 Å². The summed E-state index contributed by atoms with van der Waals surface area (Å²) in [5.41, 5.74) is -0.565. The van der Waals surface area contributed by atoms with Gasteiger partial charge in [-0.15, -0.1) is 0 Å². The quantitative estimate of drug-likeness (QED) is 0.149. The molecular formula is C31H45NO7Si. The van der Waals surface area contributed by atoms with Gasteiger partial charge in [0.25, 0.3) is 8.32 Å². The zero-order valence-corrected chi connectivity index (χ0v) is 26.8. The van der Waals surface area contributed by atoms with E-state index in [-0.39, 0.29) is 10.6 Å². The lowest BCUT2D eigenvalue weighted by Crippen LogP contribution is -2.50. The third-order valence-electron chi connectivity index (χ3n) is 6.20. The van der Waals surface area contributed by atoms with Crippen LogP contribution in [-0.4, -0.2) is 43.4 Å². The maximum absolute atomic E-state index is 13.7. The highest BCUT2D eigenvalue weighted by Crippen LogP contribution is 2.40. The predicted molar refractivity (Wildman–Crippen MR) is 158 cm³/mol. The number of carbonyl (C=O) groups excluding carboxylic acids is 3. The molecule has 1 N–H and O–H groups in total. The third kappa shape index (κ3) is 10.0. The Balaban J connectivity index is 2.49. The number of ketones is 1. The van der Waals surface area contributed by atoms with Crippen LogP contribution in [0.25, 0.3) is 0 Å². The molecule has 0 aromatic heterocycles. The molecule has 2 rings (SSSR count). The topological polar surface area (TPSA) is 100 Å². The lowest BCUT2D eigenvalue weighted by molar-refractivity contribution is -0.155. The van der Waals surface area contributed by atoms with Crippen LogP contribution in [0.15, 0.2) is 48.5 Å². The van der Waals surface area contributed by atoms with Crippen LogP contribution in [0.5, 0.6) is 11.5 Å². The van der Waals surface area contributed by atoms with Crippen molar-refractivity contribution in [3.05, 3.63) is 59.7 Å². The number of rotatable bonds is 9. The summed E-state index contributed by atoms with van der Waals surface area (Å²) in [4.78, 5) is 39.4. The predicted octanol–water partition coefficient (Wildman–Crippen LogP) is 7.07. The van der Waals surface area contributed by atoms with E-state index in [0.29, 0.717) is 18.1 Å². The first kappa shape index (κ1) is 32.9. The number of Topliss-reactive ketones (excluding diaryl/α,β-unsaturated/α-hetero) is 1. The summed E-state index contributed by atoms with van der Waals surface area (Å²) in [6, 6.07) is 12.9. The molecule has 0 radical (unpaired) electrons. The van der Waals surface area contributed by atoms with E-state index in [0.717, 1.165) is 5.56 Å². The van der Waals surface area contributed by atoms with Crippen LogP contribution in [-0.2, 0) is 20.9 Å². The molecule has 0 bridgehead atoms. The molecule has 0 saturated heterocycles. The third-order valence-corrected chi connectivity index (χ3v) is 10.5. The van der Waals surface area contributed by atoms with Crippen molar-refractivity contribution in [1.29, 1.82) is 0 Å². The van der Waals surface area contributed by atoms with Gasteiger partial charge in [0.05, 0.1) is 0 Å². The first-order valence-corrected chi connectivity index (χ1v) is 16.4. The zero-order chi connectivity index (χ0) is 30.5. The van der Waals surface area contributed by atoms with Crippen LogP contribution in [0.2, 0.25) is 18.1 Å². The molecule has 0 spiro atoms. The number of alkyl carbamates (subject to hydrolysis) is 1. The van der Waals surface area contributed by atoms with E-state index < -0.39 is 43.4 Å². The van der Waals surface area contributed by atoms with Gasteiger partial charge in [-0.05, 0) is 83.4 Å². The van der Waals surface area contributed by atoms with Crippen molar-refractivity contribution in [1.82, 2.24) is 5.32 Å². The fourth-order valence-corrected chi connectivity index (χ4v) is 4.22. The van der Waals surface area contributed by atoms with E-state index >= 15 is 0 Å². The maximum atomic E-state index is 13.7. The Labute approximate surface area is 239 Å². The number of ether oxygens (including phenoxy) is 3. The molecule has 0 aliphatic carbocycles. The fraction of sp³-hybridized carbons (Fsp3) is 0.516. The Bertz CT molecular complexity index is 1190. The highest BCUT2D eigenvalue weighted by molar-refractivity contribution is 6.74. The molecule has 1 unspecified atom stereocenters. The summed E-state index contributed by atoms with van der Waals surface area (Å²) in [6.07, 6.45) is -0.905. The van der Waals surface area contributed by atoms with Crippen LogP contribution in [0.3, 0.4) is 0 Å². The minimum Gasteiger partial charge on any atom is -0.541 e. The molecule has 1 atom stereocenters. The van der Waals surface area contributed by atoms with Gasteiger partial charge in [0.15, 0.2) is 17.6 Å². The summed E-state index contributed by atoms with van der Waals surface area (Å²) >= 11 is 0. The smallest absolute Gasteiger partial charge is 0.408 e. The van der Waals surface area contributed by atoms with Crippen molar-refractivity contribution in [3.8, 4) is 11.5 Å². The highest BCUT2D eigenvalue weighted by Gasteiger charge is 2.40. The molecule has 0 aliphatic heterocycles. The van der Waals surface area contributed by atoms with Gasteiger partial charge in [0.2, 0.25) is 0 Å². The van der Waals surface area contributed by atoms with Crippen molar-refractivity contribution in [2.24, 2.45) is 0 Å². The highest BCUT2D eigenvalue weighted by atomic mass is 28.4. The lowest BCUT2D eigenvalue weighted by Gasteiger charge is -2.37. The zero-order valence-electron chi connectivity index (χ0n) is 25.8. The second-order valence-electron chi connectivity index (χ2n) is 13.3. The Morgan fingerprint density at radius 2 is 1.38 bits per heavy atom. The van der Waals surface area contributed by atoms with Crippen LogP contribution < -0.4 is 14.5 Å². The maximum Gasteiger partial charge on any atom is 0.408 e. The molecule has 0 fully saturated rings. The number of esters is 1. The van der Waals surface area contributed by atoms with E-state index in [1.165, 1.54) is 0 Å². The second kappa shape index (κ2) is 12.5. The Kier molecular flexibility index (Phi) is 10.2. The van der Waals surface area contributed by atoms with Crippen LogP contribution in [0, 0.1) is 0 Å². The molecule has 2 aromatic carbocycles. The van der Waals surface area contributed by atoms with Crippen molar-refractivity contribution in [2.75, 3.05) is 0 Å². The van der Waals surface area contributed by atoms with Gasteiger partial charge in [-0.25, -0.2) is 9.59 Å². The monoisotopic (exact) mass is 571 g/mol. The van der Waals surface area contributed by atoms with Crippen LogP contribution in [0.4, 0.5) is 4.79 Å². The van der Waals surface area contributed by atoms with E-state index in [2.05, 4.69) is 39.2 Å². The first-order chi connectivity index (χ1) is 18.2. The summed E-state index contributed by atoms with van der Waals surface area (Å²) < 4.78 is 23.5. The van der Waals surface area contributed by atoms with Gasteiger partial charge < -0.3 is 24.0 Å². The second-order valence-corrected chi connectivity index (χ2v) is 18.0. The molecule has 1 amide bonds. The number of hydrogen-bond donors (Lipinski definition) is 1. The van der Waals surface area contributed by atoms with E-state index in [1.807, 2.05) is 30.3 Å². The minimum atomic E-state index is -2.35. The number of benzene rings is 2. The molecule has 0 saturated carbocycles. The molecule has 8 nitrogen and oxygen atoms in total. The molecule has 9 heteroatoms. The molecular weight excluding hydrogens is 526 g/mol. The van der Waals surface area contributed by atoms with Gasteiger partial charge in [0.1, 0.15) is 23.6 Å². The normalized spacial score (nSPS) is 13.2. The van der Waals surface area contributed by atoms with Crippen molar-refractivity contribution in [3.63, 3.8) is 0 Å². The first-order valence-electron chi connectivity index (χ1n) is 13.4. The molecule has 0 aliphatic rings. The van der Waals surface area contributed by atoms with Gasteiger partial charge in [-0.3, -0.25) is 4.79 Å². The fourth-order valence-electron chi connectivity index (χ4n) is 3.21. The molecule has 2 aromatic rings. The number of carbonyl (C=O) groups is 3. The summed E-state index contributed by atoms with van der Waals surface area (Å²) in [7, 11) is -2.35. The van der Waals surface area contributed by atoms with Crippen molar-refractivity contribution in [2.45, 2.75) is 104 Å². The van der Waals surface area contributed by atoms with Gasteiger partial charge in [-0.1, -0.05) is 51.1 Å². The molecule has 40 heavy (non-hydrogen) atoms. The Hall–Kier alpha value is -3.33. The van der Waals surface area contributed by atoms with E-state index in [1.54, 1.807) is 59.7 Å². The van der Waals surface area contributed by atoms with Gasteiger partial charge >= 0.3 is 12.1 Å². The average Bonchev–Trinajstić information content (AvgIpc) is 2.78. The summed E-state index contributed by atoms with van der Waals surface area (Å²) in [5.74, 6) is -0.679. The van der Waals surface area contributed by atoms with E-state index in [9.17, 15) is 14.4 Å². The van der Waals surface area contributed by atoms with E-state index in [4.69, 9.17) is 18.6 Å².